The zero-order valence-corrected chi connectivity index (χ0v) is 35.1. The molecule has 0 unspecified atom stereocenters. The van der Waals surface area contributed by atoms with Gasteiger partial charge in [-0.2, -0.15) is 0 Å². The number of halogens is 2. The number of rotatable bonds is 7. The molecule has 6 aromatic rings. The standard InChI is InChI=1S/C22H23ClN4OS.C22H23ClN4S/c1-28-18-5-3-16(4-6-18)25-22(29)26-17-9-12-27(13-10-17)21-8-11-24-20-14-15(23)2-7-19(20)21;1-15-2-5-17(6-3-15)25-22(28)26-18-9-12-27(13-10-18)21-8-11-24-20-14-16(23)4-7-19(20)21/h2-8,11,14,17H,9-10,12-13H2,1H3,(H2,25,26,29);2-8,11,14,18H,9-10,12-13H2,1H3,(H2,25,26,28). The Kier molecular flexibility index (Phi) is 13.4. The highest BCUT2D eigenvalue weighted by atomic mass is 35.5. The molecule has 4 heterocycles. The quantitative estimate of drug-likeness (QED) is 0.116. The van der Waals surface area contributed by atoms with Crippen LogP contribution in [0.2, 0.25) is 10.0 Å². The molecule has 8 rings (SSSR count). The number of aromatic nitrogens is 2. The van der Waals surface area contributed by atoms with E-state index in [-0.39, 0.29) is 0 Å². The molecule has 0 spiro atoms. The van der Waals surface area contributed by atoms with Crippen molar-refractivity contribution in [2.45, 2.75) is 44.7 Å². The van der Waals surface area contributed by atoms with E-state index in [1.165, 1.54) is 16.9 Å². The lowest BCUT2D eigenvalue weighted by Crippen LogP contribution is -2.46. The van der Waals surface area contributed by atoms with Crippen molar-refractivity contribution < 1.29 is 4.74 Å². The molecule has 57 heavy (non-hydrogen) atoms. The van der Waals surface area contributed by atoms with Crippen molar-refractivity contribution >= 4 is 102 Å². The van der Waals surface area contributed by atoms with Crippen molar-refractivity contribution in [1.29, 1.82) is 0 Å². The van der Waals surface area contributed by atoms with Crippen LogP contribution in [-0.2, 0) is 0 Å². The lowest BCUT2D eigenvalue weighted by Gasteiger charge is -2.35. The van der Waals surface area contributed by atoms with Gasteiger partial charge in [-0.15, -0.1) is 0 Å². The number of hydrogen-bond donors (Lipinski definition) is 4. The van der Waals surface area contributed by atoms with Gasteiger partial charge < -0.3 is 35.8 Å². The molecule has 2 aliphatic heterocycles. The highest BCUT2D eigenvalue weighted by molar-refractivity contribution is 7.80. The molecule has 0 atom stereocenters. The topological polar surface area (TPSA) is 89.6 Å². The second kappa shape index (κ2) is 19.0. The van der Waals surface area contributed by atoms with Crippen LogP contribution in [-0.4, -0.2) is 65.6 Å². The van der Waals surface area contributed by atoms with Crippen LogP contribution < -0.4 is 35.8 Å². The second-order valence-electron chi connectivity index (χ2n) is 14.3. The van der Waals surface area contributed by atoms with E-state index < -0.39 is 0 Å². The van der Waals surface area contributed by atoms with Crippen molar-refractivity contribution in [3.63, 3.8) is 0 Å². The van der Waals surface area contributed by atoms with E-state index in [1.807, 2.05) is 73.1 Å². The Morgan fingerprint density at radius 1 is 0.614 bits per heavy atom. The number of fused-ring (bicyclic) bond motifs is 2. The van der Waals surface area contributed by atoms with Crippen LogP contribution in [0.15, 0.2) is 109 Å². The maximum absolute atomic E-state index is 6.11. The summed E-state index contributed by atoms with van der Waals surface area (Å²) in [6, 6.07) is 32.7. The molecule has 2 fully saturated rings. The summed E-state index contributed by atoms with van der Waals surface area (Å²) in [6.45, 7) is 5.96. The number of nitrogens with zero attached hydrogens (tertiary/aromatic N) is 4. The van der Waals surface area contributed by atoms with Crippen LogP contribution in [0.5, 0.6) is 5.75 Å². The van der Waals surface area contributed by atoms with Crippen LogP contribution >= 0.6 is 47.6 Å². The summed E-state index contributed by atoms with van der Waals surface area (Å²) < 4.78 is 5.18. The number of benzene rings is 4. The van der Waals surface area contributed by atoms with Gasteiger partial charge >= 0.3 is 0 Å². The minimum absolute atomic E-state index is 0.354. The molecule has 0 aliphatic carbocycles. The number of ether oxygens (including phenoxy) is 1. The lowest BCUT2D eigenvalue weighted by atomic mass is 10.0. The molecular formula is C44H46Cl2N8OS2. The van der Waals surface area contributed by atoms with Crippen LogP contribution in [0, 0.1) is 6.92 Å². The van der Waals surface area contributed by atoms with Crippen molar-refractivity contribution in [2.75, 3.05) is 53.7 Å². The number of pyridine rings is 2. The zero-order valence-electron chi connectivity index (χ0n) is 32.0. The predicted octanol–water partition coefficient (Wildman–Crippen LogP) is 10.0. The molecule has 4 N–H and O–H groups in total. The number of anilines is 4. The maximum Gasteiger partial charge on any atom is 0.170 e. The first-order valence-corrected chi connectivity index (χ1v) is 20.7. The molecule has 2 aliphatic rings. The average Bonchev–Trinajstić information content (AvgIpc) is 3.22. The summed E-state index contributed by atoms with van der Waals surface area (Å²) >= 11 is 23.2. The third-order valence-corrected chi connectivity index (χ3v) is 11.3. The van der Waals surface area contributed by atoms with E-state index in [4.69, 9.17) is 52.4 Å². The van der Waals surface area contributed by atoms with E-state index in [0.717, 1.165) is 95.8 Å². The fourth-order valence-corrected chi connectivity index (χ4v) is 8.21. The molecule has 13 heteroatoms. The van der Waals surface area contributed by atoms with Gasteiger partial charge in [0, 0.05) is 94.2 Å². The lowest BCUT2D eigenvalue weighted by molar-refractivity contribution is 0.415. The second-order valence-corrected chi connectivity index (χ2v) is 16.0. The summed E-state index contributed by atoms with van der Waals surface area (Å²) in [5, 5.41) is 18.5. The Hall–Kier alpha value is -4.94. The van der Waals surface area contributed by atoms with Gasteiger partial charge in [-0.25, -0.2) is 0 Å². The number of hydrogen-bond acceptors (Lipinski definition) is 7. The summed E-state index contributed by atoms with van der Waals surface area (Å²) in [5.41, 5.74) is 7.51. The fourth-order valence-electron chi connectivity index (χ4n) is 7.31. The summed E-state index contributed by atoms with van der Waals surface area (Å²) in [6.07, 6.45) is 7.81. The third-order valence-electron chi connectivity index (χ3n) is 10.4. The van der Waals surface area contributed by atoms with Crippen LogP contribution in [0.3, 0.4) is 0 Å². The number of thiocarbonyl (C=S) groups is 2. The SMILES string of the molecule is COc1ccc(NC(=S)NC2CCN(c3ccnc4cc(Cl)ccc34)CC2)cc1.Cc1ccc(NC(=S)NC2CCN(c3ccnc4cc(Cl)ccc34)CC2)cc1. The summed E-state index contributed by atoms with van der Waals surface area (Å²) in [5.74, 6) is 0.827. The normalized spacial score (nSPS) is 14.7. The summed E-state index contributed by atoms with van der Waals surface area (Å²) in [4.78, 5) is 13.7. The smallest absolute Gasteiger partial charge is 0.170 e. The van der Waals surface area contributed by atoms with Gasteiger partial charge in [0.25, 0.3) is 0 Å². The Morgan fingerprint density at radius 2 is 1.04 bits per heavy atom. The zero-order chi connectivity index (χ0) is 39.7. The van der Waals surface area contributed by atoms with Crippen molar-refractivity contribution in [3.05, 3.63) is 125 Å². The van der Waals surface area contributed by atoms with E-state index in [1.54, 1.807) is 7.11 Å². The fraction of sp³-hybridized carbons (Fsp3) is 0.273. The third kappa shape index (κ3) is 10.7. The van der Waals surface area contributed by atoms with Gasteiger partial charge in [0.15, 0.2) is 10.2 Å². The number of piperidine rings is 2. The van der Waals surface area contributed by atoms with Gasteiger partial charge in [-0.05, 0) is 142 Å². The molecule has 2 saturated heterocycles. The Labute approximate surface area is 355 Å². The molecule has 0 saturated carbocycles. The number of methoxy groups -OCH3 is 1. The molecular weight excluding hydrogens is 792 g/mol. The van der Waals surface area contributed by atoms with Crippen molar-refractivity contribution in [1.82, 2.24) is 20.6 Å². The Bertz CT molecular complexity index is 2310. The number of nitrogens with one attached hydrogen (secondary N) is 4. The molecule has 4 aromatic carbocycles. The Morgan fingerprint density at radius 3 is 1.46 bits per heavy atom. The van der Waals surface area contributed by atoms with E-state index in [9.17, 15) is 0 Å². The van der Waals surface area contributed by atoms with Gasteiger partial charge in [0.05, 0.1) is 18.1 Å². The first-order valence-electron chi connectivity index (χ1n) is 19.1. The maximum atomic E-state index is 6.11. The minimum Gasteiger partial charge on any atom is -0.497 e. The molecule has 0 amide bonds. The highest BCUT2D eigenvalue weighted by Gasteiger charge is 2.23. The first kappa shape index (κ1) is 40.3. The molecule has 294 valence electrons. The van der Waals surface area contributed by atoms with Crippen LogP contribution in [0.25, 0.3) is 21.8 Å². The highest BCUT2D eigenvalue weighted by Crippen LogP contribution is 2.31. The van der Waals surface area contributed by atoms with Gasteiger partial charge in [-0.1, -0.05) is 40.9 Å². The van der Waals surface area contributed by atoms with Gasteiger partial charge in [0.1, 0.15) is 5.75 Å². The van der Waals surface area contributed by atoms with Gasteiger partial charge in [0.2, 0.25) is 0 Å². The predicted molar refractivity (Wildman–Crippen MR) is 247 cm³/mol. The molecule has 0 radical (unpaired) electrons. The van der Waals surface area contributed by atoms with E-state index in [0.29, 0.717) is 27.3 Å². The van der Waals surface area contributed by atoms with Crippen LogP contribution in [0.4, 0.5) is 22.7 Å². The van der Waals surface area contributed by atoms with Crippen LogP contribution in [0.1, 0.15) is 31.2 Å². The van der Waals surface area contributed by atoms with E-state index in [2.05, 4.69) is 84.4 Å². The number of aryl methyl sites for hydroxylation is 1. The molecule has 2 aromatic heterocycles. The molecule has 0 bridgehead atoms. The first-order chi connectivity index (χ1) is 27.7. The van der Waals surface area contributed by atoms with E-state index >= 15 is 0 Å². The minimum atomic E-state index is 0.354. The largest absolute Gasteiger partial charge is 0.497 e. The molecule has 9 nitrogen and oxygen atoms in total. The van der Waals surface area contributed by atoms with Crippen molar-refractivity contribution in [3.8, 4) is 5.75 Å². The van der Waals surface area contributed by atoms with Crippen molar-refractivity contribution in [2.24, 2.45) is 0 Å². The monoisotopic (exact) mass is 836 g/mol. The van der Waals surface area contributed by atoms with Gasteiger partial charge in [-0.3, -0.25) is 9.97 Å². The Balaban J connectivity index is 0.000000174. The summed E-state index contributed by atoms with van der Waals surface area (Å²) in [7, 11) is 1.66. The average molecular weight is 838 g/mol.